The molecule has 2 aliphatic rings. The summed E-state index contributed by atoms with van der Waals surface area (Å²) in [5.74, 6) is 0. The van der Waals surface area contributed by atoms with Crippen LogP contribution in [-0.2, 0) is 6.54 Å². The number of piperazine rings is 1. The number of carbonyl (C=O) groups is 1. The van der Waals surface area contributed by atoms with E-state index in [2.05, 4.69) is 19.8 Å². The lowest BCUT2D eigenvalue weighted by Crippen LogP contribution is -2.55. The summed E-state index contributed by atoms with van der Waals surface area (Å²) in [7, 11) is 0. The van der Waals surface area contributed by atoms with Crippen LogP contribution >= 0.6 is 0 Å². The highest BCUT2D eigenvalue weighted by Crippen LogP contribution is 2.22. The van der Waals surface area contributed by atoms with Crippen LogP contribution in [-0.4, -0.2) is 64.1 Å². The summed E-state index contributed by atoms with van der Waals surface area (Å²) in [5, 5.41) is 3.30. The van der Waals surface area contributed by atoms with E-state index >= 15 is 0 Å². The van der Waals surface area contributed by atoms with Crippen molar-refractivity contribution in [2.75, 3.05) is 32.7 Å². The number of hydrogen-bond acceptors (Lipinski definition) is 3. The maximum atomic E-state index is 12.7. The molecule has 1 N–H and O–H groups in total. The fraction of sp³-hybridized carbons (Fsp3) is 0.733. The first-order chi connectivity index (χ1) is 10.3. The van der Waals surface area contributed by atoms with E-state index in [0.717, 1.165) is 58.5 Å². The van der Waals surface area contributed by atoms with Gasteiger partial charge in [0.2, 0.25) is 0 Å². The van der Waals surface area contributed by atoms with E-state index in [-0.39, 0.29) is 6.03 Å². The van der Waals surface area contributed by atoms with E-state index in [1.165, 1.54) is 6.42 Å². The third-order valence-electron chi connectivity index (χ3n) is 4.54. The smallest absolute Gasteiger partial charge is 0.320 e. The minimum absolute atomic E-state index is 0.242. The maximum Gasteiger partial charge on any atom is 0.320 e. The Hall–Kier alpha value is -1.56. The highest BCUT2D eigenvalue weighted by Gasteiger charge is 2.30. The number of rotatable bonds is 3. The van der Waals surface area contributed by atoms with E-state index in [9.17, 15) is 4.79 Å². The molecule has 116 valence electrons. The fourth-order valence-electron chi connectivity index (χ4n) is 3.31. The van der Waals surface area contributed by atoms with Gasteiger partial charge in [-0.2, -0.15) is 0 Å². The van der Waals surface area contributed by atoms with Crippen molar-refractivity contribution in [1.29, 1.82) is 0 Å². The molecule has 0 radical (unpaired) electrons. The number of nitrogens with one attached hydrogen (secondary N) is 1. The molecular formula is C15H25N5O. The standard InChI is InChI=1S/C15H25N5O/c21-15(19-11-6-16-7-12-19)20-8-2-1-3-14(20)4-9-18-10-5-17-13-18/h5,10,13-14,16H,1-4,6-9,11-12H2/t14-/m1/s1. The topological polar surface area (TPSA) is 53.4 Å². The lowest BCUT2D eigenvalue weighted by molar-refractivity contribution is 0.106. The molecule has 3 heterocycles. The molecule has 21 heavy (non-hydrogen) atoms. The second-order valence-electron chi connectivity index (χ2n) is 5.95. The molecule has 0 aliphatic carbocycles. The average Bonchev–Trinajstić information content (AvgIpc) is 3.07. The fourth-order valence-corrected chi connectivity index (χ4v) is 3.31. The first-order valence-electron chi connectivity index (χ1n) is 8.06. The van der Waals surface area contributed by atoms with E-state index in [4.69, 9.17) is 0 Å². The Bertz CT molecular complexity index is 441. The molecular weight excluding hydrogens is 266 g/mol. The molecule has 0 aromatic carbocycles. The Labute approximate surface area is 126 Å². The zero-order valence-electron chi connectivity index (χ0n) is 12.6. The molecule has 1 aromatic heterocycles. The highest BCUT2D eigenvalue weighted by atomic mass is 16.2. The van der Waals surface area contributed by atoms with Crippen LogP contribution in [0, 0.1) is 0 Å². The van der Waals surface area contributed by atoms with E-state index in [1.54, 1.807) is 0 Å². The zero-order valence-corrected chi connectivity index (χ0v) is 12.6. The number of aryl methyl sites for hydroxylation is 1. The Kier molecular flexibility index (Phi) is 4.75. The van der Waals surface area contributed by atoms with Crippen molar-refractivity contribution in [2.45, 2.75) is 38.3 Å². The first-order valence-corrected chi connectivity index (χ1v) is 8.06. The predicted octanol–water partition coefficient (Wildman–Crippen LogP) is 1.15. The van der Waals surface area contributed by atoms with Crippen molar-refractivity contribution in [3.63, 3.8) is 0 Å². The summed E-state index contributed by atoms with van der Waals surface area (Å²) in [4.78, 5) is 20.9. The molecule has 6 heteroatoms. The van der Waals surface area contributed by atoms with Gasteiger partial charge in [0.25, 0.3) is 0 Å². The van der Waals surface area contributed by atoms with Gasteiger partial charge in [0.1, 0.15) is 0 Å². The molecule has 2 fully saturated rings. The van der Waals surface area contributed by atoms with Crippen molar-refractivity contribution in [1.82, 2.24) is 24.7 Å². The highest BCUT2D eigenvalue weighted by molar-refractivity contribution is 5.75. The first kappa shape index (κ1) is 14.4. The molecule has 0 bridgehead atoms. The third-order valence-corrected chi connectivity index (χ3v) is 4.54. The van der Waals surface area contributed by atoms with Gasteiger partial charge in [-0.15, -0.1) is 0 Å². The second kappa shape index (κ2) is 6.93. The van der Waals surface area contributed by atoms with Crippen LogP contribution in [0.15, 0.2) is 18.7 Å². The Balaban J connectivity index is 1.59. The van der Waals surface area contributed by atoms with Crippen molar-refractivity contribution < 1.29 is 4.79 Å². The summed E-state index contributed by atoms with van der Waals surface area (Å²) >= 11 is 0. The number of carbonyl (C=O) groups excluding carboxylic acids is 1. The van der Waals surface area contributed by atoms with Crippen LogP contribution < -0.4 is 5.32 Å². The molecule has 2 amide bonds. The van der Waals surface area contributed by atoms with Crippen LogP contribution in [0.4, 0.5) is 4.79 Å². The Morgan fingerprint density at radius 3 is 2.86 bits per heavy atom. The lowest BCUT2D eigenvalue weighted by atomic mass is 9.99. The number of urea groups is 1. The van der Waals surface area contributed by atoms with Crippen molar-refractivity contribution in [2.24, 2.45) is 0 Å². The van der Waals surface area contributed by atoms with Crippen LogP contribution in [0.2, 0.25) is 0 Å². The largest absolute Gasteiger partial charge is 0.337 e. The van der Waals surface area contributed by atoms with Gasteiger partial charge in [0.05, 0.1) is 6.33 Å². The number of hydrogen-bond donors (Lipinski definition) is 1. The summed E-state index contributed by atoms with van der Waals surface area (Å²) in [5.41, 5.74) is 0. The Morgan fingerprint density at radius 2 is 2.10 bits per heavy atom. The number of piperidine rings is 1. The Morgan fingerprint density at radius 1 is 1.24 bits per heavy atom. The second-order valence-corrected chi connectivity index (χ2v) is 5.95. The van der Waals surface area contributed by atoms with E-state index in [0.29, 0.717) is 6.04 Å². The molecule has 0 saturated carbocycles. The quantitative estimate of drug-likeness (QED) is 0.909. The van der Waals surface area contributed by atoms with Gasteiger partial charge in [-0.05, 0) is 25.7 Å². The maximum absolute atomic E-state index is 12.7. The van der Waals surface area contributed by atoms with Crippen LogP contribution in [0.5, 0.6) is 0 Å². The van der Waals surface area contributed by atoms with E-state index < -0.39 is 0 Å². The van der Waals surface area contributed by atoms with Crippen molar-refractivity contribution in [3.05, 3.63) is 18.7 Å². The molecule has 0 spiro atoms. The SMILES string of the molecule is O=C(N1CCNCC1)N1CCCC[C@@H]1CCn1ccnc1. The summed E-state index contributed by atoms with van der Waals surface area (Å²) in [6, 6.07) is 0.621. The number of imidazole rings is 1. The van der Waals surface area contributed by atoms with Gasteiger partial charge >= 0.3 is 6.03 Å². The van der Waals surface area contributed by atoms with Gasteiger partial charge in [0, 0.05) is 57.7 Å². The third kappa shape index (κ3) is 3.56. The predicted molar refractivity (Wildman–Crippen MR) is 81.0 cm³/mol. The molecule has 2 saturated heterocycles. The number of amides is 2. The number of nitrogens with zero attached hydrogens (tertiary/aromatic N) is 4. The molecule has 0 unspecified atom stereocenters. The van der Waals surface area contributed by atoms with Crippen LogP contribution in [0.3, 0.4) is 0 Å². The van der Waals surface area contributed by atoms with Gasteiger partial charge < -0.3 is 19.7 Å². The lowest BCUT2D eigenvalue weighted by Gasteiger charge is -2.40. The van der Waals surface area contributed by atoms with Crippen LogP contribution in [0.25, 0.3) is 0 Å². The van der Waals surface area contributed by atoms with Gasteiger partial charge in [-0.1, -0.05) is 0 Å². The summed E-state index contributed by atoms with van der Waals surface area (Å²) in [6.07, 6.45) is 10.2. The van der Waals surface area contributed by atoms with Crippen LogP contribution in [0.1, 0.15) is 25.7 Å². The van der Waals surface area contributed by atoms with Crippen molar-refractivity contribution >= 4 is 6.03 Å². The molecule has 1 aromatic rings. The molecule has 3 rings (SSSR count). The molecule has 6 nitrogen and oxygen atoms in total. The molecule has 1 atom stereocenters. The zero-order chi connectivity index (χ0) is 14.5. The average molecular weight is 291 g/mol. The summed E-state index contributed by atoms with van der Waals surface area (Å²) in [6.45, 7) is 5.36. The monoisotopic (exact) mass is 291 g/mol. The van der Waals surface area contributed by atoms with Gasteiger partial charge in [0.15, 0.2) is 0 Å². The minimum Gasteiger partial charge on any atom is -0.337 e. The van der Waals surface area contributed by atoms with E-state index in [1.807, 2.05) is 23.6 Å². The number of aromatic nitrogens is 2. The molecule has 2 aliphatic heterocycles. The minimum atomic E-state index is 0.242. The van der Waals surface area contributed by atoms with Gasteiger partial charge in [-0.25, -0.2) is 9.78 Å². The summed E-state index contributed by atoms with van der Waals surface area (Å²) < 4.78 is 2.10. The van der Waals surface area contributed by atoms with Gasteiger partial charge in [-0.3, -0.25) is 0 Å². The van der Waals surface area contributed by atoms with Crippen molar-refractivity contribution in [3.8, 4) is 0 Å². The normalized spacial score (nSPS) is 23.3. The number of likely N-dealkylation sites (tertiary alicyclic amines) is 1.